The molecule has 1 aromatic rings. The molecule has 1 aliphatic rings. The van der Waals surface area contributed by atoms with Crippen molar-refractivity contribution in [1.29, 1.82) is 0 Å². The summed E-state index contributed by atoms with van der Waals surface area (Å²) in [6, 6.07) is 5.09. The van der Waals surface area contributed by atoms with Gasteiger partial charge in [-0.15, -0.1) is 0 Å². The van der Waals surface area contributed by atoms with Gasteiger partial charge in [0.15, 0.2) is 11.6 Å². The van der Waals surface area contributed by atoms with E-state index >= 15 is 0 Å². The number of hydrogen-bond acceptors (Lipinski definition) is 2. The van der Waals surface area contributed by atoms with Crippen molar-refractivity contribution in [3.63, 3.8) is 0 Å². The fraction of sp³-hybridized carbons (Fsp3) is 0.538. The minimum atomic E-state index is -0.293. The van der Waals surface area contributed by atoms with Crippen LogP contribution in [0.5, 0.6) is 5.75 Å². The number of benzene rings is 1. The van der Waals surface area contributed by atoms with Gasteiger partial charge in [-0.1, -0.05) is 26.0 Å². The highest BCUT2D eigenvalue weighted by atomic mass is 19.1. The second-order valence-corrected chi connectivity index (χ2v) is 5.00. The lowest BCUT2D eigenvalue weighted by Gasteiger charge is -2.10. The molecule has 2 rings (SSSR count). The molecule has 0 heterocycles. The first-order valence-corrected chi connectivity index (χ1v) is 5.56. The Morgan fingerprint density at radius 2 is 2.12 bits per heavy atom. The van der Waals surface area contributed by atoms with E-state index in [-0.39, 0.29) is 11.2 Å². The molecule has 0 aromatic heterocycles. The summed E-state index contributed by atoms with van der Waals surface area (Å²) < 4.78 is 18.7. The number of ether oxygens (including phenoxy) is 1. The van der Waals surface area contributed by atoms with Crippen LogP contribution in [0.25, 0.3) is 0 Å². The molecule has 0 aliphatic heterocycles. The molecule has 2 N–H and O–H groups in total. The monoisotopic (exact) mass is 223 g/mol. The van der Waals surface area contributed by atoms with Gasteiger partial charge in [0.2, 0.25) is 0 Å². The Morgan fingerprint density at radius 3 is 2.62 bits per heavy atom. The zero-order valence-electron chi connectivity index (χ0n) is 9.96. The van der Waals surface area contributed by atoms with Crippen LogP contribution in [0.1, 0.15) is 25.3 Å². The quantitative estimate of drug-likeness (QED) is 0.854. The Hall–Kier alpha value is -1.09. The molecule has 88 valence electrons. The van der Waals surface area contributed by atoms with Crippen LogP contribution in [0.3, 0.4) is 0 Å². The van der Waals surface area contributed by atoms with Crippen molar-refractivity contribution in [3.05, 3.63) is 29.6 Å². The van der Waals surface area contributed by atoms with Gasteiger partial charge in [0.25, 0.3) is 0 Å². The fourth-order valence-electron chi connectivity index (χ4n) is 2.79. The van der Waals surface area contributed by atoms with Gasteiger partial charge in [-0.05, 0) is 29.9 Å². The van der Waals surface area contributed by atoms with Crippen LogP contribution in [0, 0.1) is 17.2 Å². The molecule has 0 bridgehead atoms. The van der Waals surface area contributed by atoms with E-state index in [1.54, 1.807) is 6.07 Å². The van der Waals surface area contributed by atoms with Crippen LogP contribution >= 0.6 is 0 Å². The number of hydrogen-bond donors (Lipinski definition) is 1. The molecule has 3 heteroatoms. The van der Waals surface area contributed by atoms with Crippen LogP contribution in [0.15, 0.2) is 18.2 Å². The number of rotatable bonds is 3. The van der Waals surface area contributed by atoms with Crippen molar-refractivity contribution in [1.82, 2.24) is 0 Å². The van der Waals surface area contributed by atoms with E-state index in [1.165, 1.54) is 13.2 Å². The van der Waals surface area contributed by atoms with Crippen LogP contribution < -0.4 is 10.5 Å². The third-order valence-electron chi connectivity index (χ3n) is 3.84. The lowest BCUT2D eigenvalue weighted by atomic mass is 10.0. The van der Waals surface area contributed by atoms with E-state index in [4.69, 9.17) is 10.5 Å². The molecule has 1 fully saturated rings. The second-order valence-electron chi connectivity index (χ2n) is 5.00. The summed E-state index contributed by atoms with van der Waals surface area (Å²) in [7, 11) is 1.51. The van der Waals surface area contributed by atoms with Crippen molar-refractivity contribution in [2.45, 2.75) is 19.8 Å². The smallest absolute Gasteiger partial charge is 0.165 e. The highest BCUT2D eigenvalue weighted by Crippen LogP contribution is 2.65. The molecule has 2 atom stereocenters. The molecule has 0 spiro atoms. The minimum absolute atomic E-state index is 0.149. The molecular weight excluding hydrogens is 205 g/mol. The van der Waals surface area contributed by atoms with Gasteiger partial charge in [0.1, 0.15) is 0 Å². The van der Waals surface area contributed by atoms with Crippen molar-refractivity contribution < 1.29 is 9.13 Å². The first kappa shape index (κ1) is 11.4. The largest absolute Gasteiger partial charge is 0.493 e. The second kappa shape index (κ2) is 3.74. The first-order chi connectivity index (χ1) is 7.54. The van der Waals surface area contributed by atoms with E-state index in [0.29, 0.717) is 24.1 Å². The van der Waals surface area contributed by atoms with Gasteiger partial charge in [-0.25, -0.2) is 4.39 Å². The van der Waals surface area contributed by atoms with Gasteiger partial charge >= 0.3 is 0 Å². The predicted octanol–water partition coefficient (Wildman–Crippen LogP) is 2.53. The average Bonchev–Trinajstić information content (AvgIpc) is 2.79. The maximum absolute atomic E-state index is 13.6. The summed E-state index contributed by atoms with van der Waals surface area (Å²) in [5, 5.41) is 0. The van der Waals surface area contributed by atoms with E-state index in [0.717, 1.165) is 5.56 Å². The van der Waals surface area contributed by atoms with Crippen molar-refractivity contribution >= 4 is 0 Å². The third kappa shape index (κ3) is 1.50. The topological polar surface area (TPSA) is 35.2 Å². The lowest BCUT2D eigenvalue weighted by Crippen LogP contribution is -2.05. The number of para-hydroxylation sites is 1. The summed E-state index contributed by atoms with van der Waals surface area (Å²) in [6.07, 6.45) is 0. The van der Waals surface area contributed by atoms with Gasteiger partial charge in [-0.3, -0.25) is 0 Å². The standard InChI is InChI=1S/C13H18FNO/c1-13(2)9(7-15)11(13)8-5-4-6-10(14)12(8)16-3/h4-6,9,11H,7,15H2,1-3H3. The van der Waals surface area contributed by atoms with Crippen LogP contribution in [-0.2, 0) is 0 Å². The molecular formula is C13H18FNO. The van der Waals surface area contributed by atoms with E-state index < -0.39 is 0 Å². The van der Waals surface area contributed by atoms with Crippen LogP contribution in [0.2, 0.25) is 0 Å². The summed E-state index contributed by atoms with van der Waals surface area (Å²) in [5.41, 5.74) is 6.83. The van der Waals surface area contributed by atoms with Crippen molar-refractivity contribution in [3.8, 4) is 5.75 Å². The molecule has 0 saturated heterocycles. The highest BCUT2D eigenvalue weighted by molar-refractivity contribution is 5.43. The first-order valence-electron chi connectivity index (χ1n) is 5.56. The normalized spacial score (nSPS) is 26.6. The molecule has 2 unspecified atom stereocenters. The Balaban J connectivity index is 2.39. The number of nitrogens with two attached hydrogens (primary N) is 1. The maximum Gasteiger partial charge on any atom is 0.165 e. The highest BCUT2D eigenvalue weighted by Gasteiger charge is 2.58. The lowest BCUT2D eigenvalue weighted by molar-refractivity contribution is 0.379. The molecule has 1 saturated carbocycles. The Morgan fingerprint density at radius 1 is 1.44 bits per heavy atom. The molecule has 2 nitrogen and oxygen atoms in total. The fourth-order valence-corrected chi connectivity index (χ4v) is 2.79. The van der Waals surface area contributed by atoms with Gasteiger partial charge < -0.3 is 10.5 Å². The van der Waals surface area contributed by atoms with E-state index in [9.17, 15) is 4.39 Å². The average molecular weight is 223 g/mol. The van der Waals surface area contributed by atoms with Crippen molar-refractivity contribution in [2.24, 2.45) is 17.1 Å². The predicted molar refractivity (Wildman–Crippen MR) is 62.0 cm³/mol. The Kier molecular flexibility index (Phi) is 2.66. The zero-order chi connectivity index (χ0) is 11.9. The van der Waals surface area contributed by atoms with E-state index in [1.807, 2.05) is 6.07 Å². The maximum atomic E-state index is 13.6. The third-order valence-corrected chi connectivity index (χ3v) is 3.84. The van der Waals surface area contributed by atoms with Gasteiger partial charge in [0.05, 0.1) is 7.11 Å². The van der Waals surface area contributed by atoms with Gasteiger partial charge in [0, 0.05) is 5.56 Å². The molecule has 0 amide bonds. The van der Waals surface area contributed by atoms with Crippen LogP contribution in [-0.4, -0.2) is 13.7 Å². The summed E-state index contributed by atoms with van der Waals surface area (Å²) in [5.74, 6) is 0.807. The number of methoxy groups -OCH3 is 1. The molecule has 1 aliphatic carbocycles. The summed E-state index contributed by atoms with van der Waals surface area (Å²) in [6.45, 7) is 4.97. The number of halogens is 1. The summed E-state index contributed by atoms with van der Waals surface area (Å²) in [4.78, 5) is 0. The Labute approximate surface area is 95.6 Å². The van der Waals surface area contributed by atoms with E-state index in [2.05, 4.69) is 13.8 Å². The molecule has 0 radical (unpaired) electrons. The Bertz CT molecular complexity index is 403. The SMILES string of the molecule is COc1c(F)cccc1C1C(CN)C1(C)C. The molecule has 16 heavy (non-hydrogen) atoms. The minimum Gasteiger partial charge on any atom is -0.493 e. The summed E-state index contributed by atoms with van der Waals surface area (Å²) >= 11 is 0. The van der Waals surface area contributed by atoms with Crippen molar-refractivity contribution in [2.75, 3.05) is 13.7 Å². The molecule has 1 aromatic carbocycles. The van der Waals surface area contributed by atoms with Gasteiger partial charge in [-0.2, -0.15) is 0 Å². The van der Waals surface area contributed by atoms with Crippen LogP contribution in [0.4, 0.5) is 4.39 Å². The zero-order valence-corrected chi connectivity index (χ0v) is 9.96.